The molecule has 0 aromatic carbocycles. The zero-order valence-corrected chi connectivity index (χ0v) is 8.85. The van der Waals surface area contributed by atoms with E-state index >= 15 is 0 Å². The molecule has 1 heterocycles. The number of rotatable bonds is 3. The van der Waals surface area contributed by atoms with Crippen LogP contribution in [-0.4, -0.2) is 16.1 Å². The number of carbonyl (C=O) groups is 1. The van der Waals surface area contributed by atoms with Crippen LogP contribution in [0.15, 0.2) is 6.07 Å². The molecule has 16 heavy (non-hydrogen) atoms. The van der Waals surface area contributed by atoms with Crippen LogP contribution in [0.5, 0.6) is 0 Å². The first-order chi connectivity index (χ1) is 7.27. The number of alkyl halides is 3. The quantitative estimate of drug-likeness (QED) is 0.844. The summed E-state index contributed by atoms with van der Waals surface area (Å²) in [6.45, 7) is 3.55. The minimum absolute atomic E-state index is 0.130. The Morgan fingerprint density at radius 2 is 2.12 bits per heavy atom. The van der Waals surface area contributed by atoms with Crippen molar-refractivity contribution in [2.75, 3.05) is 0 Å². The van der Waals surface area contributed by atoms with Gasteiger partial charge >= 0.3 is 12.1 Å². The monoisotopic (exact) mass is 235 g/mol. The van der Waals surface area contributed by atoms with Crippen LogP contribution in [0.3, 0.4) is 0 Å². The highest BCUT2D eigenvalue weighted by molar-refractivity contribution is 5.89. The van der Waals surface area contributed by atoms with Gasteiger partial charge in [-0.1, -0.05) is 13.8 Å². The lowest BCUT2D eigenvalue weighted by molar-refractivity contribution is -0.141. The molecule has 3 nitrogen and oxygen atoms in total. The Balaban J connectivity index is 3.26. The zero-order valence-electron chi connectivity index (χ0n) is 8.85. The number of aromatic nitrogens is 1. The van der Waals surface area contributed by atoms with Crippen LogP contribution in [0.2, 0.25) is 0 Å². The van der Waals surface area contributed by atoms with Crippen LogP contribution in [0, 0.1) is 0 Å². The Morgan fingerprint density at radius 3 is 2.44 bits per heavy atom. The van der Waals surface area contributed by atoms with Gasteiger partial charge in [-0.15, -0.1) is 0 Å². The van der Waals surface area contributed by atoms with Crippen LogP contribution >= 0.6 is 0 Å². The zero-order chi connectivity index (χ0) is 12.5. The third-order valence-corrected chi connectivity index (χ3v) is 2.50. The van der Waals surface area contributed by atoms with Crippen LogP contribution in [0.4, 0.5) is 13.2 Å². The van der Waals surface area contributed by atoms with Crippen LogP contribution < -0.4 is 0 Å². The van der Waals surface area contributed by atoms with E-state index in [4.69, 9.17) is 5.11 Å². The van der Waals surface area contributed by atoms with Crippen LogP contribution in [0.25, 0.3) is 0 Å². The summed E-state index contributed by atoms with van der Waals surface area (Å²) in [5.41, 5.74) is -1.61. The van der Waals surface area contributed by atoms with E-state index in [0.717, 1.165) is 6.07 Å². The second-order valence-electron chi connectivity index (χ2n) is 3.63. The van der Waals surface area contributed by atoms with E-state index in [1.165, 1.54) is 0 Å². The van der Waals surface area contributed by atoms with E-state index in [-0.39, 0.29) is 5.92 Å². The SMILES string of the molecule is CCC(C)c1cc(C(=O)O)c(C(F)(F)F)[nH]1. The average molecular weight is 235 g/mol. The number of halogens is 3. The lowest BCUT2D eigenvalue weighted by Gasteiger charge is -2.06. The largest absolute Gasteiger partial charge is 0.478 e. The molecule has 0 spiro atoms. The van der Waals surface area contributed by atoms with Crippen molar-refractivity contribution in [2.24, 2.45) is 0 Å². The van der Waals surface area contributed by atoms with Gasteiger partial charge in [0.1, 0.15) is 5.69 Å². The van der Waals surface area contributed by atoms with Crippen LogP contribution in [-0.2, 0) is 6.18 Å². The molecule has 1 aromatic heterocycles. The summed E-state index contributed by atoms with van der Waals surface area (Å²) in [5.74, 6) is -1.70. The van der Waals surface area contributed by atoms with E-state index in [1.807, 2.05) is 6.92 Å². The average Bonchev–Trinajstić information content (AvgIpc) is 2.60. The molecular weight excluding hydrogens is 223 g/mol. The fourth-order valence-corrected chi connectivity index (χ4v) is 1.35. The number of nitrogens with one attached hydrogen (secondary N) is 1. The third kappa shape index (κ3) is 2.37. The highest BCUT2D eigenvalue weighted by Gasteiger charge is 2.38. The van der Waals surface area contributed by atoms with Crippen molar-refractivity contribution < 1.29 is 23.1 Å². The maximum atomic E-state index is 12.5. The van der Waals surface area contributed by atoms with Crippen molar-refractivity contribution in [2.45, 2.75) is 32.4 Å². The predicted octanol–water partition coefficient (Wildman–Crippen LogP) is 3.25. The summed E-state index contributed by atoms with van der Waals surface area (Å²) in [5, 5.41) is 8.68. The molecule has 90 valence electrons. The van der Waals surface area contributed by atoms with E-state index in [1.54, 1.807) is 6.92 Å². The van der Waals surface area contributed by atoms with Gasteiger partial charge in [0.15, 0.2) is 0 Å². The Labute approximate surface area is 90.3 Å². The van der Waals surface area contributed by atoms with E-state index in [2.05, 4.69) is 4.98 Å². The highest BCUT2D eigenvalue weighted by atomic mass is 19.4. The lowest BCUT2D eigenvalue weighted by Crippen LogP contribution is -2.11. The first-order valence-electron chi connectivity index (χ1n) is 4.80. The molecule has 0 saturated heterocycles. The van der Waals surface area contributed by atoms with Crippen molar-refractivity contribution in [1.29, 1.82) is 0 Å². The van der Waals surface area contributed by atoms with Gasteiger partial charge in [-0.3, -0.25) is 0 Å². The van der Waals surface area contributed by atoms with Crippen molar-refractivity contribution in [3.05, 3.63) is 23.0 Å². The van der Waals surface area contributed by atoms with Crippen molar-refractivity contribution >= 4 is 5.97 Å². The standard InChI is InChI=1S/C10H12F3NO2/c1-3-5(2)7-4-6(9(15)16)8(14-7)10(11,12)13/h4-5,14H,3H2,1-2H3,(H,15,16). The highest BCUT2D eigenvalue weighted by Crippen LogP contribution is 2.33. The number of carboxylic acids is 1. The molecule has 1 unspecified atom stereocenters. The molecule has 0 radical (unpaired) electrons. The number of H-pyrrole nitrogens is 1. The Morgan fingerprint density at radius 1 is 1.56 bits per heavy atom. The molecule has 2 N–H and O–H groups in total. The molecule has 1 rings (SSSR count). The Kier molecular flexibility index (Phi) is 3.30. The molecular formula is C10H12F3NO2. The Hall–Kier alpha value is -1.46. The van der Waals surface area contributed by atoms with Gasteiger partial charge in [0.2, 0.25) is 0 Å². The normalized spacial score (nSPS) is 13.8. The van der Waals surface area contributed by atoms with Gasteiger partial charge < -0.3 is 10.1 Å². The van der Waals surface area contributed by atoms with Crippen molar-refractivity contribution in [3.8, 4) is 0 Å². The fourth-order valence-electron chi connectivity index (χ4n) is 1.35. The van der Waals surface area contributed by atoms with E-state index in [0.29, 0.717) is 12.1 Å². The van der Waals surface area contributed by atoms with Crippen LogP contribution in [0.1, 0.15) is 47.9 Å². The van der Waals surface area contributed by atoms with Gasteiger partial charge in [-0.2, -0.15) is 13.2 Å². The fraction of sp³-hybridized carbons (Fsp3) is 0.500. The minimum Gasteiger partial charge on any atom is -0.478 e. The molecule has 0 saturated carbocycles. The molecule has 0 fully saturated rings. The number of aromatic amines is 1. The second-order valence-corrected chi connectivity index (χ2v) is 3.63. The summed E-state index contributed by atoms with van der Waals surface area (Å²) in [7, 11) is 0. The van der Waals surface area contributed by atoms with Gasteiger partial charge in [0.05, 0.1) is 5.56 Å². The summed E-state index contributed by atoms with van der Waals surface area (Å²) in [6, 6.07) is 1.05. The van der Waals surface area contributed by atoms with Gasteiger partial charge in [-0.25, -0.2) is 4.79 Å². The first kappa shape index (κ1) is 12.6. The number of hydrogen-bond donors (Lipinski definition) is 2. The van der Waals surface area contributed by atoms with E-state index in [9.17, 15) is 18.0 Å². The summed E-state index contributed by atoms with van der Waals surface area (Å²) in [4.78, 5) is 12.8. The number of hydrogen-bond acceptors (Lipinski definition) is 1. The molecule has 1 aromatic rings. The first-order valence-corrected chi connectivity index (χ1v) is 4.80. The van der Waals surface area contributed by atoms with Gasteiger partial charge in [-0.05, 0) is 18.4 Å². The number of aromatic carboxylic acids is 1. The topological polar surface area (TPSA) is 53.1 Å². The van der Waals surface area contributed by atoms with Crippen molar-refractivity contribution in [1.82, 2.24) is 4.98 Å². The number of carboxylic acid groups (broad SMARTS) is 1. The lowest BCUT2D eigenvalue weighted by atomic mass is 10.1. The maximum Gasteiger partial charge on any atom is 0.432 e. The van der Waals surface area contributed by atoms with Gasteiger partial charge in [0, 0.05) is 5.69 Å². The molecule has 0 aliphatic carbocycles. The minimum atomic E-state index is -4.67. The summed E-state index contributed by atoms with van der Waals surface area (Å²) < 4.78 is 37.5. The Bertz CT molecular complexity index is 395. The molecule has 0 aliphatic rings. The maximum absolute atomic E-state index is 12.5. The third-order valence-electron chi connectivity index (χ3n) is 2.50. The molecule has 0 amide bonds. The molecule has 1 atom stereocenters. The van der Waals surface area contributed by atoms with Crippen molar-refractivity contribution in [3.63, 3.8) is 0 Å². The molecule has 0 aliphatic heterocycles. The van der Waals surface area contributed by atoms with Gasteiger partial charge in [0.25, 0.3) is 0 Å². The summed E-state index contributed by atoms with van der Waals surface area (Å²) in [6.07, 6.45) is -4.03. The summed E-state index contributed by atoms with van der Waals surface area (Å²) >= 11 is 0. The molecule has 0 bridgehead atoms. The second kappa shape index (κ2) is 4.19. The van der Waals surface area contributed by atoms with E-state index < -0.39 is 23.4 Å². The molecule has 6 heteroatoms. The smallest absolute Gasteiger partial charge is 0.432 e. The predicted molar refractivity (Wildman–Crippen MR) is 51.5 cm³/mol.